The van der Waals surface area contributed by atoms with Gasteiger partial charge in [0.2, 0.25) is 0 Å². The highest BCUT2D eigenvalue weighted by atomic mass is 79.9. The average Bonchev–Trinajstić information content (AvgIpc) is 2.29. The van der Waals surface area contributed by atoms with Gasteiger partial charge in [0.05, 0.1) is 5.02 Å². The first-order valence-corrected chi connectivity index (χ1v) is 5.86. The Bertz CT molecular complexity index is 476. The molecule has 2 aromatic heterocycles. The van der Waals surface area contributed by atoms with E-state index >= 15 is 0 Å². The second kappa shape index (κ2) is 5.27. The Hall–Kier alpha value is -1.13. The maximum Gasteiger partial charge on any atom is 0.145 e. The van der Waals surface area contributed by atoms with Crippen molar-refractivity contribution in [3.8, 4) is 0 Å². The molecule has 0 bridgehead atoms. The summed E-state index contributed by atoms with van der Waals surface area (Å²) in [5, 5.41) is 3.77. The van der Waals surface area contributed by atoms with E-state index in [0.717, 1.165) is 10.0 Å². The SMILES string of the molecule is Clc1cc(Br)cnc1NCc1ccncc1. The van der Waals surface area contributed by atoms with Crippen LogP contribution >= 0.6 is 27.5 Å². The molecule has 0 fully saturated rings. The molecule has 0 unspecified atom stereocenters. The third kappa shape index (κ3) is 2.93. The first-order chi connectivity index (χ1) is 7.75. The number of aromatic nitrogens is 2. The van der Waals surface area contributed by atoms with Gasteiger partial charge in [-0.15, -0.1) is 0 Å². The molecule has 1 N–H and O–H groups in total. The van der Waals surface area contributed by atoms with Gasteiger partial charge in [0, 0.05) is 29.6 Å². The minimum absolute atomic E-state index is 0.600. The molecular formula is C11H9BrClN3. The molecule has 0 aliphatic rings. The van der Waals surface area contributed by atoms with Crippen LogP contribution in [0.5, 0.6) is 0 Å². The lowest BCUT2D eigenvalue weighted by Crippen LogP contribution is -2.01. The van der Waals surface area contributed by atoms with E-state index in [1.807, 2.05) is 18.2 Å². The third-order valence-electron chi connectivity index (χ3n) is 2.02. The van der Waals surface area contributed by atoms with Gasteiger partial charge < -0.3 is 5.32 Å². The summed E-state index contributed by atoms with van der Waals surface area (Å²) >= 11 is 9.34. The van der Waals surface area contributed by atoms with Gasteiger partial charge in [-0.1, -0.05) is 11.6 Å². The zero-order chi connectivity index (χ0) is 11.4. The maximum atomic E-state index is 6.03. The predicted octanol–water partition coefficient (Wildman–Crippen LogP) is 3.50. The van der Waals surface area contributed by atoms with Gasteiger partial charge in [-0.25, -0.2) is 4.98 Å². The average molecular weight is 299 g/mol. The van der Waals surface area contributed by atoms with Crippen LogP contribution in [0.15, 0.2) is 41.3 Å². The topological polar surface area (TPSA) is 37.8 Å². The summed E-state index contributed by atoms with van der Waals surface area (Å²) in [4.78, 5) is 8.14. The smallest absolute Gasteiger partial charge is 0.145 e. The summed E-state index contributed by atoms with van der Waals surface area (Å²) in [7, 11) is 0. The molecule has 16 heavy (non-hydrogen) atoms. The van der Waals surface area contributed by atoms with Gasteiger partial charge in [0.1, 0.15) is 5.82 Å². The van der Waals surface area contributed by atoms with E-state index in [-0.39, 0.29) is 0 Å². The number of pyridine rings is 2. The molecular weight excluding hydrogens is 289 g/mol. The Morgan fingerprint density at radius 3 is 2.75 bits per heavy atom. The largest absolute Gasteiger partial charge is 0.365 e. The molecule has 0 saturated heterocycles. The Morgan fingerprint density at radius 1 is 1.31 bits per heavy atom. The van der Waals surface area contributed by atoms with E-state index in [1.165, 1.54) is 0 Å². The Morgan fingerprint density at radius 2 is 2.06 bits per heavy atom. The monoisotopic (exact) mass is 297 g/mol. The lowest BCUT2D eigenvalue weighted by atomic mass is 10.3. The predicted molar refractivity (Wildman–Crippen MR) is 68.5 cm³/mol. The third-order valence-corrected chi connectivity index (χ3v) is 2.74. The number of hydrogen-bond donors (Lipinski definition) is 1. The van der Waals surface area contributed by atoms with Gasteiger partial charge in [0.15, 0.2) is 0 Å². The molecule has 0 aliphatic heterocycles. The van der Waals surface area contributed by atoms with Crippen LogP contribution in [0, 0.1) is 0 Å². The Balaban J connectivity index is 2.05. The van der Waals surface area contributed by atoms with Crippen LogP contribution in [0.4, 0.5) is 5.82 Å². The van der Waals surface area contributed by atoms with Crippen molar-refractivity contribution in [2.24, 2.45) is 0 Å². The fraction of sp³-hybridized carbons (Fsp3) is 0.0909. The van der Waals surface area contributed by atoms with Crippen LogP contribution in [0.25, 0.3) is 0 Å². The first-order valence-electron chi connectivity index (χ1n) is 4.69. The van der Waals surface area contributed by atoms with Gasteiger partial charge in [-0.05, 0) is 39.7 Å². The number of nitrogens with one attached hydrogen (secondary N) is 1. The minimum Gasteiger partial charge on any atom is -0.365 e. The molecule has 0 aliphatic carbocycles. The molecule has 2 heterocycles. The van der Waals surface area contributed by atoms with Gasteiger partial charge in [0.25, 0.3) is 0 Å². The Kier molecular flexibility index (Phi) is 3.74. The summed E-state index contributed by atoms with van der Waals surface area (Å²) in [5.41, 5.74) is 1.13. The molecule has 2 aromatic rings. The van der Waals surface area contributed by atoms with Gasteiger partial charge in [-0.3, -0.25) is 4.98 Å². The zero-order valence-electron chi connectivity index (χ0n) is 8.32. The number of anilines is 1. The highest BCUT2D eigenvalue weighted by molar-refractivity contribution is 9.10. The van der Waals surface area contributed by atoms with Crippen molar-refractivity contribution < 1.29 is 0 Å². The maximum absolute atomic E-state index is 6.03. The second-order valence-corrected chi connectivity index (χ2v) is 4.52. The van der Waals surface area contributed by atoms with Crippen molar-refractivity contribution in [1.29, 1.82) is 0 Å². The van der Waals surface area contributed by atoms with Gasteiger partial charge >= 0.3 is 0 Å². The molecule has 82 valence electrons. The number of rotatable bonds is 3. The van der Waals surface area contributed by atoms with Crippen LogP contribution in [-0.2, 0) is 6.54 Å². The lowest BCUT2D eigenvalue weighted by molar-refractivity contribution is 1.10. The van der Waals surface area contributed by atoms with E-state index < -0.39 is 0 Å². The second-order valence-electron chi connectivity index (χ2n) is 3.19. The summed E-state index contributed by atoms with van der Waals surface area (Å²) < 4.78 is 0.868. The molecule has 3 nitrogen and oxygen atoms in total. The van der Waals surface area contributed by atoms with E-state index in [2.05, 4.69) is 31.2 Å². The quantitative estimate of drug-likeness (QED) is 0.942. The summed E-state index contributed by atoms with van der Waals surface area (Å²) in [5.74, 6) is 0.682. The van der Waals surface area contributed by atoms with Crippen molar-refractivity contribution in [3.63, 3.8) is 0 Å². The zero-order valence-corrected chi connectivity index (χ0v) is 10.7. The van der Waals surface area contributed by atoms with Crippen LogP contribution in [0.3, 0.4) is 0 Å². The molecule has 2 rings (SSSR count). The standard InChI is InChI=1S/C11H9BrClN3/c12-9-5-10(13)11(16-7-9)15-6-8-1-3-14-4-2-8/h1-5,7H,6H2,(H,15,16). The van der Waals surface area contributed by atoms with E-state index in [4.69, 9.17) is 11.6 Å². The molecule has 0 amide bonds. The summed E-state index contributed by atoms with van der Waals surface area (Å²) in [6.45, 7) is 0.677. The van der Waals surface area contributed by atoms with Gasteiger partial charge in [-0.2, -0.15) is 0 Å². The van der Waals surface area contributed by atoms with Crippen molar-refractivity contribution in [1.82, 2.24) is 9.97 Å². The van der Waals surface area contributed by atoms with E-state index in [0.29, 0.717) is 17.4 Å². The minimum atomic E-state index is 0.600. The molecule has 0 aromatic carbocycles. The van der Waals surface area contributed by atoms with Crippen LogP contribution in [0.1, 0.15) is 5.56 Å². The van der Waals surface area contributed by atoms with E-state index in [1.54, 1.807) is 18.6 Å². The first kappa shape index (κ1) is 11.4. The van der Waals surface area contributed by atoms with Crippen molar-refractivity contribution in [3.05, 3.63) is 51.8 Å². The normalized spacial score (nSPS) is 10.1. The molecule has 0 saturated carbocycles. The fourth-order valence-corrected chi connectivity index (χ4v) is 1.93. The van der Waals surface area contributed by atoms with E-state index in [9.17, 15) is 0 Å². The number of nitrogens with zero attached hydrogens (tertiary/aromatic N) is 2. The van der Waals surface area contributed by atoms with Crippen LogP contribution in [-0.4, -0.2) is 9.97 Å². The van der Waals surface area contributed by atoms with Crippen molar-refractivity contribution in [2.45, 2.75) is 6.54 Å². The number of hydrogen-bond acceptors (Lipinski definition) is 3. The molecule has 0 radical (unpaired) electrons. The number of halogens is 2. The van der Waals surface area contributed by atoms with Crippen molar-refractivity contribution in [2.75, 3.05) is 5.32 Å². The van der Waals surface area contributed by atoms with Crippen LogP contribution < -0.4 is 5.32 Å². The van der Waals surface area contributed by atoms with Crippen molar-refractivity contribution >= 4 is 33.3 Å². The lowest BCUT2D eigenvalue weighted by Gasteiger charge is -2.07. The fourth-order valence-electron chi connectivity index (χ4n) is 1.23. The van der Waals surface area contributed by atoms with Crippen LogP contribution in [0.2, 0.25) is 5.02 Å². The summed E-state index contributed by atoms with van der Waals surface area (Å²) in [6, 6.07) is 5.70. The summed E-state index contributed by atoms with van der Waals surface area (Å²) in [6.07, 6.45) is 5.22. The highest BCUT2D eigenvalue weighted by Crippen LogP contribution is 2.23. The molecule has 0 atom stereocenters. The molecule has 0 spiro atoms. The highest BCUT2D eigenvalue weighted by Gasteiger charge is 2.01. The Labute approximate surface area is 107 Å². The molecule has 5 heteroatoms.